The molecule has 3 heterocycles. The first-order valence-electron chi connectivity index (χ1n) is 9.18. The maximum absolute atomic E-state index is 12.4. The molecule has 7 nitrogen and oxygen atoms in total. The van der Waals surface area contributed by atoms with Gasteiger partial charge in [0.2, 0.25) is 5.91 Å². The van der Waals surface area contributed by atoms with Crippen LogP contribution in [-0.2, 0) is 16.1 Å². The Morgan fingerprint density at radius 1 is 1.22 bits per heavy atom. The molecule has 2 aliphatic heterocycles. The number of fused-ring (bicyclic) bond motifs is 1. The molecule has 1 saturated heterocycles. The fraction of sp³-hybridized carbons (Fsp3) is 0.421. The van der Waals surface area contributed by atoms with Gasteiger partial charge in [0.05, 0.1) is 11.4 Å². The second-order valence-electron chi connectivity index (χ2n) is 6.77. The summed E-state index contributed by atoms with van der Waals surface area (Å²) in [6.45, 7) is 2.93. The number of hydrogen-bond donors (Lipinski definition) is 1. The summed E-state index contributed by atoms with van der Waals surface area (Å²) in [7, 11) is 0. The lowest BCUT2D eigenvalue weighted by Gasteiger charge is -2.28. The highest BCUT2D eigenvalue weighted by atomic mass is 32.1. The molecule has 27 heavy (non-hydrogen) atoms. The molecule has 0 radical (unpaired) electrons. The van der Waals surface area contributed by atoms with Crippen LogP contribution in [0.5, 0.6) is 5.75 Å². The van der Waals surface area contributed by atoms with Crippen LogP contribution in [0, 0.1) is 0 Å². The Balaban J connectivity index is 1.36. The standard InChI is InChI=1S/C19H22N4O3S/c24-17(11-23-15-6-2-3-7-16(15)26-12-18(23)25)21-19-20-14(13-27-19)10-22-8-4-1-5-9-22/h2-3,6-7,13H,1,4-5,8-12H2,(H,20,21,24). The van der Waals surface area contributed by atoms with Gasteiger partial charge < -0.3 is 10.1 Å². The minimum atomic E-state index is -0.265. The van der Waals surface area contributed by atoms with Gasteiger partial charge in [-0.3, -0.25) is 19.4 Å². The molecule has 2 amide bonds. The Bertz CT molecular complexity index is 832. The van der Waals surface area contributed by atoms with Gasteiger partial charge in [0.1, 0.15) is 12.3 Å². The van der Waals surface area contributed by atoms with Crippen LogP contribution >= 0.6 is 11.3 Å². The molecule has 0 spiro atoms. The van der Waals surface area contributed by atoms with Crippen molar-refractivity contribution in [1.82, 2.24) is 9.88 Å². The third kappa shape index (κ3) is 4.28. The Kier molecular flexibility index (Phi) is 5.35. The molecule has 4 rings (SSSR count). The lowest BCUT2D eigenvalue weighted by atomic mass is 10.1. The predicted molar refractivity (Wildman–Crippen MR) is 104 cm³/mol. The zero-order chi connectivity index (χ0) is 18.6. The van der Waals surface area contributed by atoms with Crippen molar-refractivity contribution < 1.29 is 14.3 Å². The van der Waals surface area contributed by atoms with Gasteiger partial charge in [-0.1, -0.05) is 18.6 Å². The number of nitrogens with zero attached hydrogens (tertiary/aromatic N) is 3. The number of likely N-dealkylation sites (tertiary alicyclic amines) is 1. The predicted octanol–water partition coefficient (Wildman–Crippen LogP) is 2.49. The van der Waals surface area contributed by atoms with E-state index in [0.717, 1.165) is 25.3 Å². The molecular weight excluding hydrogens is 364 g/mol. The van der Waals surface area contributed by atoms with Gasteiger partial charge in [0, 0.05) is 11.9 Å². The van der Waals surface area contributed by atoms with Crippen LogP contribution < -0.4 is 15.0 Å². The molecule has 1 aromatic carbocycles. The Morgan fingerprint density at radius 3 is 2.89 bits per heavy atom. The molecular formula is C19H22N4O3S. The van der Waals surface area contributed by atoms with E-state index in [1.54, 1.807) is 12.1 Å². The first-order valence-corrected chi connectivity index (χ1v) is 10.1. The van der Waals surface area contributed by atoms with Crippen molar-refractivity contribution in [2.75, 3.05) is 36.5 Å². The normalized spacial score (nSPS) is 17.3. The number of carbonyl (C=O) groups is 2. The Labute approximate surface area is 161 Å². The third-order valence-electron chi connectivity index (χ3n) is 4.74. The van der Waals surface area contributed by atoms with E-state index in [1.807, 2.05) is 17.5 Å². The van der Waals surface area contributed by atoms with Gasteiger partial charge in [0.25, 0.3) is 5.91 Å². The van der Waals surface area contributed by atoms with E-state index in [-0.39, 0.29) is 25.0 Å². The van der Waals surface area contributed by atoms with Gasteiger partial charge in [-0.05, 0) is 38.1 Å². The number of aromatic nitrogens is 1. The van der Waals surface area contributed by atoms with E-state index in [4.69, 9.17) is 4.74 Å². The van der Waals surface area contributed by atoms with E-state index in [9.17, 15) is 9.59 Å². The molecule has 2 aromatic rings. The first-order chi connectivity index (χ1) is 13.2. The second kappa shape index (κ2) is 8.06. The quantitative estimate of drug-likeness (QED) is 0.855. The molecule has 142 valence electrons. The summed E-state index contributed by atoms with van der Waals surface area (Å²) >= 11 is 1.42. The third-order valence-corrected chi connectivity index (χ3v) is 5.55. The number of para-hydroxylation sites is 2. The number of hydrogen-bond acceptors (Lipinski definition) is 6. The molecule has 0 atom stereocenters. The van der Waals surface area contributed by atoms with E-state index in [0.29, 0.717) is 16.6 Å². The van der Waals surface area contributed by atoms with Crippen molar-refractivity contribution in [3.8, 4) is 5.75 Å². The smallest absolute Gasteiger partial charge is 0.265 e. The molecule has 0 saturated carbocycles. The fourth-order valence-electron chi connectivity index (χ4n) is 3.41. The highest BCUT2D eigenvalue weighted by Gasteiger charge is 2.27. The number of amides is 2. The van der Waals surface area contributed by atoms with Crippen molar-refractivity contribution in [3.05, 3.63) is 35.3 Å². The number of carbonyl (C=O) groups excluding carboxylic acids is 2. The van der Waals surface area contributed by atoms with Gasteiger partial charge in [-0.15, -0.1) is 11.3 Å². The number of nitrogens with one attached hydrogen (secondary N) is 1. The minimum Gasteiger partial charge on any atom is -0.482 e. The Hall–Kier alpha value is -2.45. The van der Waals surface area contributed by atoms with Gasteiger partial charge in [-0.2, -0.15) is 0 Å². The summed E-state index contributed by atoms with van der Waals surface area (Å²) in [6, 6.07) is 7.23. The first kappa shape index (κ1) is 17.9. The summed E-state index contributed by atoms with van der Waals surface area (Å²) in [5.74, 6) is 0.121. The highest BCUT2D eigenvalue weighted by molar-refractivity contribution is 7.13. The van der Waals surface area contributed by atoms with Gasteiger partial charge in [0.15, 0.2) is 11.7 Å². The molecule has 0 aliphatic carbocycles. The molecule has 2 aliphatic rings. The summed E-state index contributed by atoms with van der Waals surface area (Å²) in [5, 5.41) is 5.37. The minimum absolute atomic E-state index is 0.0540. The van der Waals surface area contributed by atoms with Gasteiger partial charge in [-0.25, -0.2) is 4.98 Å². The van der Waals surface area contributed by atoms with Gasteiger partial charge >= 0.3 is 0 Å². The van der Waals surface area contributed by atoms with Crippen molar-refractivity contribution in [2.24, 2.45) is 0 Å². The van der Waals surface area contributed by atoms with Crippen molar-refractivity contribution >= 4 is 34.0 Å². The maximum atomic E-state index is 12.4. The Morgan fingerprint density at radius 2 is 2.04 bits per heavy atom. The zero-order valence-corrected chi connectivity index (χ0v) is 15.8. The summed E-state index contributed by atoms with van der Waals surface area (Å²) in [5.41, 5.74) is 1.60. The van der Waals surface area contributed by atoms with Crippen molar-refractivity contribution in [1.29, 1.82) is 0 Å². The number of benzene rings is 1. The topological polar surface area (TPSA) is 74.8 Å². The molecule has 1 aromatic heterocycles. The monoisotopic (exact) mass is 386 g/mol. The van der Waals surface area contributed by atoms with Crippen LogP contribution in [0.2, 0.25) is 0 Å². The van der Waals surface area contributed by atoms with Crippen LogP contribution in [0.1, 0.15) is 25.0 Å². The number of ether oxygens (including phenoxy) is 1. The van der Waals surface area contributed by atoms with Crippen LogP contribution in [0.15, 0.2) is 29.6 Å². The molecule has 1 N–H and O–H groups in total. The molecule has 0 bridgehead atoms. The van der Waals surface area contributed by atoms with E-state index in [1.165, 1.54) is 35.5 Å². The van der Waals surface area contributed by atoms with E-state index >= 15 is 0 Å². The second-order valence-corrected chi connectivity index (χ2v) is 7.62. The van der Waals surface area contributed by atoms with Crippen LogP contribution in [0.4, 0.5) is 10.8 Å². The average Bonchev–Trinajstić information content (AvgIpc) is 3.11. The van der Waals surface area contributed by atoms with Crippen LogP contribution in [-0.4, -0.2) is 47.9 Å². The summed E-state index contributed by atoms with van der Waals surface area (Å²) in [6.07, 6.45) is 3.78. The zero-order valence-electron chi connectivity index (χ0n) is 15.0. The summed E-state index contributed by atoms with van der Waals surface area (Å²) < 4.78 is 5.40. The fourth-order valence-corrected chi connectivity index (χ4v) is 4.13. The number of anilines is 2. The molecule has 8 heteroatoms. The van der Waals surface area contributed by atoms with Crippen molar-refractivity contribution in [2.45, 2.75) is 25.8 Å². The molecule has 1 fully saturated rings. The average molecular weight is 386 g/mol. The lowest BCUT2D eigenvalue weighted by molar-refractivity contribution is -0.123. The lowest BCUT2D eigenvalue weighted by Crippen LogP contribution is -2.43. The van der Waals surface area contributed by atoms with Crippen LogP contribution in [0.3, 0.4) is 0 Å². The molecule has 0 unspecified atom stereocenters. The van der Waals surface area contributed by atoms with E-state index < -0.39 is 0 Å². The largest absolute Gasteiger partial charge is 0.482 e. The number of rotatable bonds is 5. The van der Waals surface area contributed by atoms with Crippen LogP contribution in [0.25, 0.3) is 0 Å². The van der Waals surface area contributed by atoms with Crippen molar-refractivity contribution in [3.63, 3.8) is 0 Å². The highest BCUT2D eigenvalue weighted by Crippen LogP contribution is 2.31. The summed E-state index contributed by atoms with van der Waals surface area (Å²) in [4.78, 5) is 33.0. The maximum Gasteiger partial charge on any atom is 0.265 e. The number of thiazole rings is 1. The van der Waals surface area contributed by atoms with E-state index in [2.05, 4.69) is 15.2 Å². The number of piperidine rings is 1. The SMILES string of the molecule is O=C(CN1C(=O)COc2ccccc21)Nc1nc(CN2CCCCC2)cs1.